The first-order valence-electron chi connectivity index (χ1n) is 10.6. The molecular formula is C25H19ClN4O5S. The second-order valence-corrected chi connectivity index (χ2v) is 9.69. The van der Waals surface area contributed by atoms with E-state index in [-0.39, 0.29) is 16.0 Å². The normalized spacial score (nSPS) is 11.9. The molecule has 0 bridgehead atoms. The number of hydrogen-bond donors (Lipinski definition) is 2. The molecule has 0 fully saturated rings. The van der Waals surface area contributed by atoms with Crippen LogP contribution >= 0.6 is 11.6 Å². The van der Waals surface area contributed by atoms with Gasteiger partial charge in [-0.3, -0.25) is 23.9 Å². The molecule has 1 heterocycles. The number of carbonyl (C=O) groups excluding carboxylic acids is 2. The van der Waals surface area contributed by atoms with Gasteiger partial charge in [-0.25, -0.2) is 13.1 Å². The van der Waals surface area contributed by atoms with E-state index in [2.05, 4.69) is 10.3 Å². The van der Waals surface area contributed by atoms with Crippen molar-refractivity contribution in [3.8, 4) is 5.69 Å². The van der Waals surface area contributed by atoms with Gasteiger partial charge >= 0.3 is 0 Å². The summed E-state index contributed by atoms with van der Waals surface area (Å²) in [7, 11) is -4.22. The van der Waals surface area contributed by atoms with Crippen molar-refractivity contribution < 1.29 is 18.0 Å². The number of amides is 2. The summed E-state index contributed by atoms with van der Waals surface area (Å²) >= 11 is 5.82. The Kier molecular flexibility index (Phi) is 7.28. The zero-order valence-corrected chi connectivity index (χ0v) is 20.1. The molecule has 0 aliphatic carbocycles. The van der Waals surface area contributed by atoms with Gasteiger partial charge in [0.1, 0.15) is 6.04 Å². The second-order valence-electron chi connectivity index (χ2n) is 7.57. The summed E-state index contributed by atoms with van der Waals surface area (Å²) in [6, 6.07) is 18.4. The van der Waals surface area contributed by atoms with Gasteiger partial charge in [0.25, 0.3) is 27.4 Å². The highest BCUT2D eigenvalue weighted by molar-refractivity contribution is 7.90. The zero-order valence-electron chi connectivity index (χ0n) is 18.5. The number of aromatic nitrogens is 2. The van der Waals surface area contributed by atoms with E-state index < -0.39 is 27.9 Å². The first-order valence-corrected chi connectivity index (χ1v) is 12.4. The molecule has 9 nitrogen and oxygen atoms in total. The number of benzene rings is 3. The molecule has 4 rings (SSSR count). The Morgan fingerprint density at radius 1 is 0.917 bits per heavy atom. The van der Waals surface area contributed by atoms with E-state index in [0.717, 1.165) is 0 Å². The summed E-state index contributed by atoms with van der Waals surface area (Å²) in [6.07, 6.45) is 4.12. The summed E-state index contributed by atoms with van der Waals surface area (Å²) in [6.45, 7) is 0. The number of halogens is 1. The van der Waals surface area contributed by atoms with Crippen LogP contribution in [0.15, 0.2) is 107 Å². The molecule has 2 N–H and O–H groups in total. The van der Waals surface area contributed by atoms with Crippen molar-refractivity contribution in [2.75, 3.05) is 0 Å². The Labute approximate surface area is 211 Å². The van der Waals surface area contributed by atoms with Gasteiger partial charge in [-0.1, -0.05) is 41.9 Å². The van der Waals surface area contributed by atoms with Gasteiger partial charge in [-0.15, -0.1) is 0 Å². The van der Waals surface area contributed by atoms with Crippen LogP contribution in [0.3, 0.4) is 0 Å². The minimum atomic E-state index is -4.22. The molecule has 182 valence electrons. The third-order valence-electron chi connectivity index (χ3n) is 5.16. The summed E-state index contributed by atoms with van der Waals surface area (Å²) in [5.74, 6) is -1.55. The summed E-state index contributed by atoms with van der Waals surface area (Å²) < 4.78 is 28.8. The minimum absolute atomic E-state index is 0.152. The molecule has 1 aromatic heterocycles. The van der Waals surface area contributed by atoms with E-state index in [1.807, 2.05) is 4.72 Å². The fourth-order valence-electron chi connectivity index (χ4n) is 3.36. The number of hydrogen-bond acceptors (Lipinski definition) is 6. The van der Waals surface area contributed by atoms with Crippen molar-refractivity contribution in [1.29, 1.82) is 0 Å². The van der Waals surface area contributed by atoms with Crippen molar-refractivity contribution in [3.63, 3.8) is 0 Å². The second kappa shape index (κ2) is 10.5. The maximum atomic E-state index is 13.1. The zero-order chi connectivity index (χ0) is 25.7. The van der Waals surface area contributed by atoms with Crippen molar-refractivity contribution in [2.45, 2.75) is 10.9 Å². The molecule has 36 heavy (non-hydrogen) atoms. The maximum Gasteiger partial charge on any atom is 0.273 e. The predicted molar refractivity (Wildman–Crippen MR) is 133 cm³/mol. The molecule has 0 radical (unpaired) electrons. The molecule has 0 saturated carbocycles. The molecule has 0 aliphatic rings. The Bertz CT molecular complexity index is 1550. The average molecular weight is 523 g/mol. The molecule has 2 amide bonds. The van der Waals surface area contributed by atoms with Gasteiger partial charge < -0.3 is 5.32 Å². The highest BCUT2D eigenvalue weighted by Gasteiger charge is 2.28. The van der Waals surface area contributed by atoms with Crippen molar-refractivity contribution in [2.24, 2.45) is 0 Å². The fourth-order valence-corrected chi connectivity index (χ4v) is 4.48. The molecule has 0 saturated heterocycles. The molecule has 1 atom stereocenters. The van der Waals surface area contributed by atoms with Crippen LogP contribution in [0, 0.1) is 0 Å². The largest absolute Gasteiger partial charge is 0.336 e. The van der Waals surface area contributed by atoms with Crippen LogP contribution in [0.5, 0.6) is 0 Å². The van der Waals surface area contributed by atoms with Crippen LogP contribution in [0.2, 0.25) is 5.02 Å². The summed E-state index contributed by atoms with van der Waals surface area (Å²) in [4.78, 5) is 41.6. The lowest BCUT2D eigenvalue weighted by Crippen LogP contribution is -2.42. The van der Waals surface area contributed by atoms with Gasteiger partial charge in [-0.05, 0) is 54.1 Å². The van der Waals surface area contributed by atoms with Crippen molar-refractivity contribution >= 4 is 33.4 Å². The number of nitrogens with zero attached hydrogens (tertiary/aromatic N) is 2. The average Bonchev–Trinajstić information content (AvgIpc) is 2.88. The van der Waals surface area contributed by atoms with Crippen LogP contribution in [-0.4, -0.2) is 29.8 Å². The number of carbonyl (C=O) groups is 2. The fraction of sp³-hybridized carbons (Fsp3) is 0.0400. The Balaban J connectivity index is 1.57. The SMILES string of the molecule is O=C(NC(C(=O)NS(=O)(=O)c1ccc(Cl)cc1)c1ccccc1)c1ccc(-n2ccncc2=O)cc1. The summed E-state index contributed by atoms with van der Waals surface area (Å²) in [5.41, 5.74) is 0.771. The van der Waals surface area contributed by atoms with E-state index in [1.54, 1.807) is 42.5 Å². The van der Waals surface area contributed by atoms with Crippen LogP contribution < -0.4 is 15.6 Å². The van der Waals surface area contributed by atoms with Gasteiger partial charge in [0.2, 0.25) is 0 Å². The molecule has 4 aromatic rings. The van der Waals surface area contributed by atoms with Gasteiger partial charge in [0.15, 0.2) is 0 Å². The van der Waals surface area contributed by atoms with Gasteiger partial charge in [0, 0.05) is 28.7 Å². The quantitative estimate of drug-likeness (QED) is 0.384. The van der Waals surface area contributed by atoms with E-state index >= 15 is 0 Å². The smallest absolute Gasteiger partial charge is 0.273 e. The Morgan fingerprint density at radius 3 is 2.22 bits per heavy atom. The number of rotatable bonds is 7. The van der Waals surface area contributed by atoms with Crippen LogP contribution in [0.1, 0.15) is 22.0 Å². The van der Waals surface area contributed by atoms with E-state index in [0.29, 0.717) is 16.3 Å². The van der Waals surface area contributed by atoms with Crippen LogP contribution in [0.25, 0.3) is 5.69 Å². The summed E-state index contributed by atoms with van der Waals surface area (Å²) in [5, 5.41) is 2.93. The van der Waals surface area contributed by atoms with E-state index in [9.17, 15) is 22.8 Å². The van der Waals surface area contributed by atoms with Gasteiger partial charge in [-0.2, -0.15) is 0 Å². The van der Waals surface area contributed by atoms with E-state index in [1.165, 1.54) is 59.6 Å². The minimum Gasteiger partial charge on any atom is -0.336 e. The maximum absolute atomic E-state index is 13.1. The Hall–Kier alpha value is -4.28. The molecule has 11 heteroatoms. The standard InChI is InChI=1S/C25H19ClN4O5S/c26-19-8-12-21(13-9-19)36(34,35)29-25(33)23(17-4-2-1-3-5-17)28-24(32)18-6-10-20(11-7-18)30-15-14-27-16-22(30)31/h1-16,23H,(H,28,32)(H,29,33). The number of sulfonamides is 1. The first-order chi connectivity index (χ1) is 17.2. The lowest BCUT2D eigenvalue weighted by molar-refractivity contribution is -0.121. The predicted octanol–water partition coefficient (Wildman–Crippen LogP) is 2.86. The first kappa shape index (κ1) is 24.8. The highest BCUT2D eigenvalue weighted by atomic mass is 35.5. The molecule has 1 unspecified atom stereocenters. The number of nitrogens with one attached hydrogen (secondary N) is 2. The molecular weight excluding hydrogens is 504 g/mol. The highest BCUT2D eigenvalue weighted by Crippen LogP contribution is 2.18. The molecule has 0 spiro atoms. The third kappa shape index (κ3) is 5.68. The van der Waals surface area contributed by atoms with Crippen molar-refractivity contribution in [3.05, 3.63) is 124 Å². The lowest BCUT2D eigenvalue weighted by Gasteiger charge is -2.19. The molecule has 0 aliphatic heterocycles. The Morgan fingerprint density at radius 2 is 1.58 bits per heavy atom. The topological polar surface area (TPSA) is 127 Å². The molecule has 3 aromatic carbocycles. The monoisotopic (exact) mass is 522 g/mol. The van der Waals surface area contributed by atoms with Crippen molar-refractivity contribution in [1.82, 2.24) is 19.6 Å². The van der Waals surface area contributed by atoms with Gasteiger partial charge in [0.05, 0.1) is 11.1 Å². The van der Waals surface area contributed by atoms with E-state index in [4.69, 9.17) is 11.6 Å². The van der Waals surface area contributed by atoms with Crippen LogP contribution in [-0.2, 0) is 14.8 Å². The third-order valence-corrected chi connectivity index (χ3v) is 6.78. The lowest BCUT2D eigenvalue weighted by atomic mass is 10.1. The van der Waals surface area contributed by atoms with Crippen LogP contribution in [0.4, 0.5) is 0 Å².